The van der Waals surface area contributed by atoms with Crippen molar-refractivity contribution in [1.82, 2.24) is 19.7 Å². The Kier molecular flexibility index (Phi) is 5.22. The largest absolute Gasteiger partial charge is 0.375 e. The molecule has 2 aromatic rings. The van der Waals surface area contributed by atoms with Crippen LogP contribution in [0.15, 0.2) is 30.0 Å². The van der Waals surface area contributed by atoms with E-state index < -0.39 is 0 Å². The molecule has 3 heterocycles. The fourth-order valence-electron chi connectivity index (χ4n) is 3.77. The van der Waals surface area contributed by atoms with Gasteiger partial charge in [-0.25, -0.2) is 4.98 Å². The number of rotatable bonds is 7. The van der Waals surface area contributed by atoms with E-state index in [2.05, 4.69) is 15.0 Å². The van der Waals surface area contributed by atoms with Crippen molar-refractivity contribution in [3.63, 3.8) is 0 Å². The fraction of sp³-hybridized carbons (Fsp3) is 0.647. The lowest BCUT2D eigenvalue weighted by atomic mass is 10.1. The predicted molar refractivity (Wildman–Crippen MR) is 91.9 cm³/mol. The molecule has 2 fully saturated rings. The highest BCUT2D eigenvalue weighted by Crippen LogP contribution is 2.33. The highest BCUT2D eigenvalue weighted by Gasteiger charge is 2.43. The number of ether oxygens (including phenoxy) is 2. The Bertz CT molecular complexity index is 604. The topological polar surface area (TPSA) is 52.4 Å². The number of hydrogen-bond donors (Lipinski definition) is 0. The Hall–Kier alpha value is -1.28. The lowest BCUT2D eigenvalue weighted by Gasteiger charge is -2.38. The zero-order valence-corrected chi connectivity index (χ0v) is 14.6. The second kappa shape index (κ2) is 7.74. The van der Waals surface area contributed by atoms with Crippen molar-refractivity contribution in [1.29, 1.82) is 0 Å². The lowest BCUT2D eigenvalue weighted by molar-refractivity contribution is -0.115. The van der Waals surface area contributed by atoms with Crippen molar-refractivity contribution in [2.75, 3.05) is 19.8 Å². The number of aryl methyl sites for hydroxylation is 1. The first-order valence-corrected chi connectivity index (χ1v) is 9.61. The van der Waals surface area contributed by atoms with Gasteiger partial charge in [-0.3, -0.25) is 9.58 Å². The van der Waals surface area contributed by atoms with Crippen LogP contribution in [0, 0.1) is 0 Å². The molecule has 0 aromatic carbocycles. The number of aromatic nitrogens is 3. The molecule has 4 rings (SSSR count). The normalized spacial score (nSPS) is 27.4. The quantitative estimate of drug-likeness (QED) is 0.718. The third kappa shape index (κ3) is 3.69. The van der Waals surface area contributed by atoms with Crippen LogP contribution < -0.4 is 0 Å². The Morgan fingerprint density at radius 1 is 1.33 bits per heavy atom. The van der Waals surface area contributed by atoms with E-state index in [0.29, 0.717) is 6.04 Å². The van der Waals surface area contributed by atoms with Gasteiger partial charge in [-0.15, -0.1) is 11.3 Å². The molecule has 2 aliphatic rings. The lowest BCUT2D eigenvalue weighted by Crippen LogP contribution is -2.51. The van der Waals surface area contributed by atoms with Gasteiger partial charge in [0.05, 0.1) is 25.4 Å². The minimum absolute atomic E-state index is 0.211. The minimum atomic E-state index is 0.211. The van der Waals surface area contributed by atoms with Gasteiger partial charge in [0.15, 0.2) is 0 Å². The summed E-state index contributed by atoms with van der Waals surface area (Å²) in [6.45, 7) is 4.40. The third-order valence-electron chi connectivity index (χ3n) is 4.89. The molecule has 2 aromatic heterocycles. The highest BCUT2D eigenvalue weighted by molar-refractivity contribution is 7.09. The van der Waals surface area contributed by atoms with Crippen LogP contribution in [0.3, 0.4) is 0 Å². The number of nitrogens with zero attached hydrogens (tertiary/aromatic N) is 4. The van der Waals surface area contributed by atoms with Crippen LogP contribution in [-0.2, 0) is 22.6 Å². The average Bonchev–Trinajstić information content (AvgIpc) is 3.34. The summed E-state index contributed by atoms with van der Waals surface area (Å²) in [7, 11) is 0. The van der Waals surface area contributed by atoms with Crippen molar-refractivity contribution < 1.29 is 9.47 Å². The highest BCUT2D eigenvalue weighted by atomic mass is 32.1. The molecule has 0 N–H and O–H groups in total. The minimum Gasteiger partial charge on any atom is -0.375 e. The number of morpholine rings is 1. The van der Waals surface area contributed by atoms with Crippen molar-refractivity contribution in [3.8, 4) is 0 Å². The Labute approximate surface area is 146 Å². The van der Waals surface area contributed by atoms with Gasteiger partial charge in [-0.05, 0) is 25.3 Å². The Morgan fingerprint density at radius 3 is 3.17 bits per heavy atom. The molecular formula is C17H24N4O2S. The van der Waals surface area contributed by atoms with E-state index in [4.69, 9.17) is 9.47 Å². The summed E-state index contributed by atoms with van der Waals surface area (Å²) in [6, 6.07) is 2.42. The standard InChI is InChI=1S/C17H24N4O2S/c1-5-19-21(7-1)8-2-10-22-15-4-3-14-17(15)23-11-9-20(14)13-16-18-6-12-24-16/h1,5-7,12,14-15,17H,2-4,8-11,13H2/t14-,15+,17+/m0/s1. The molecule has 0 unspecified atom stereocenters. The van der Waals surface area contributed by atoms with Crippen LogP contribution in [0.2, 0.25) is 0 Å². The van der Waals surface area contributed by atoms with Crippen LogP contribution in [0.25, 0.3) is 0 Å². The maximum Gasteiger partial charge on any atom is 0.107 e. The van der Waals surface area contributed by atoms with Gasteiger partial charge in [0, 0.05) is 49.7 Å². The van der Waals surface area contributed by atoms with E-state index in [9.17, 15) is 0 Å². The van der Waals surface area contributed by atoms with Crippen molar-refractivity contribution in [2.24, 2.45) is 0 Å². The first kappa shape index (κ1) is 16.2. The zero-order chi connectivity index (χ0) is 16.2. The second-order valence-electron chi connectivity index (χ2n) is 6.41. The van der Waals surface area contributed by atoms with E-state index in [1.165, 1.54) is 5.01 Å². The smallest absolute Gasteiger partial charge is 0.107 e. The predicted octanol–water partition coefficient (Wildman–Crippen LogP) is 2.18. The summed E-state index contributed by atoms with van der Waals surface area (Å²) in [5, 5.41) is 7.46. The first-order chi connectivity index (χ1) is 11.9. The summed E-state index contributed by atoms with van der Waals surface area (Å²) < 4.78 is 14.2. The Balaban J connectivity index is 1.26. The second-order valence-corrected chi connectivity index (χ2v) is 7.39. The average molecular weight is 348 g/mol. The molecule has 6 nitrogen and oxygen atoms in total. The Morgan fingerprint density at radius 2 is 2.33 bits per heavy atom. The van der Waals surface area contributed by atoms with Crippen LogP contribution in [0.1, 0.15) is 24.3 Å². The van der Waals surface area contributed by atoms with E-state index in [-0.39, 0.29) is 12.2 Å². The van der Waals surface area contributed by atoms with E-state index in [0.717, 1.165) is 52.1 Å². The molecule has 3 atom stereocenters. The summed E-state index contributed by atoms with van der Waals surface area (Å²) >= 11 is 1.73. The molecule has 1 aliphatic carbocycles. The molecule has 1 saturated heterocycles. The van der Waals surface area contributed by atoms with Crippen LogP contribution >= 0.6 is 11.3 Å². The molecule has 24 heavy (non-hydrogen) atoms. The molecule has 0 spiro atoms. The number of thiazole rings is 1. The summed E-state index contributed by atoms with van der Waals surface area (Å²) in [5.41, 5.74) is 0. The summed E-state index contributed by atoms with van der Waals surface area (Å²) in [6.07, 6.45) is 9.36. The van der Waals surface area contributed by atoms with Crippen molar-refractivity contribution >= 4 is 11.3 Å². The van der Waals surface area contributed by atoms with Gasteiger partial charge in [0.1, 0.15) is 5.01 Å². The number of hydrogen-bond acceptors (Lipinski definition) is 6. The molecule has 7 heteroatoms. The molecule has 1 saturated carbocycles. The summed E-state index contributed by atoms with van der Waals surface area (Å²) in [5.74, 6) is 0. The molecule has 130 valence electrons. The molecule has 0 radical (unpaired) electrons. The maximum atomic E-state index is 6.15. The van der Waals surface area contributed by atoms with Crippen molar-refractivity contribution in [2.45, 2.75) is 50.6 Å². The first-order valence-electron chi connectivity index (χ1n) is 8.73. The van der Waals surface area contributed by atoms with Crippen LogP contribution in [-0.4, -0.2) is 57.7 Å². The van der Waals surface area contributed by atoms with Crippen LogP contribution in [0.4, 0.5) is 0 Å². The van der Waals surface area contributed by atoms with E-state index in [1.807, 2.05) is 34.7 Å². The zero-order valence-electron chi connectivity index (χ0n) is 13.8. The van der Waals surface area contributed by atoms with Gasteiger partial charge < -0.3 is 9.47 Å². The molecular weight excluding hydrogens is 324 g/mol. The van der Waals surface area contributed by atoms with Gasteiger partial charge >= 0.3 is 0 Å². The molecule has 1 aliphatic heterocycles. The fourth-order valence-corrected chi connectivity index (χ4v) is 4.41. The molecule has 0 amide bonds. The van der Waals surface area contributed by atoms with Gasteiger partial charge in [0.25, 0.3) is 0 Å². The molecule has 0 bridgehead atoms. The SMILES string of the molecule is c1cnn(CCCO[C@@H]2CC[C@H]3[C@H]2OCCN3Cc2nccs2)c1. The number of fused-ring (bicyclic) bond motifs is 1. The van der Waals surface area contributed by atoms with E-state index in [1.54, 1.807) is 11.3 Å². The monoisotopic (exact) mass is 348 g/mol. The third-order valence-corrected chi connectivity index (χ3v) is 5.66. The van der Waals surface area contributed by atoms with Gasteiger partial charge in [-0.2, -0.15) is 5.10 Å². The van der Waals surface area contributed by atoms with Gasteiger partial charge in [0.2, 0.25) is 0 Å². The van der Waals surface area contributed by atoms with Gasteiger partial charge in [-0.1, -0.05) is 0 Å². The summed E-state index contributed by atoms with van der Waals surface area (Å²) in [4.78, 5) is 6.95. The van der Waals surface area contributed by atoms with Crippen LogP contribution in [0.5, 0.6) is 0 Å². The maximum absolute atomic E-state index is 6.15. The van der Waals surface area contributed by atoms with E-state index >= 15 is 0 Å². The van der Waals surface area contributed by atoms with Crippen molar-refractivity contribution in [3.05, 3.63) is 35.0 Å².